The highest BCUT2D eigenvalue weighted by molar-refractivity contribution is 4.98. The lowest BCUT2D eigenvalue weighted by Crippen LogP contribution is -2.61. The van der Waals surface area contributed by atoms with Crippen LogP contribution in [0.4, 0.5) is 0 Å². The average Bonchev–Trinajstić information content (AvgIpc) is 2.94. The highest BCUT2D eigenvalue weighted by Gasteiger charge is 2.41. The first kappa shape index (κ1) is 12.3. The lowest BCUT2D eigenvalue weighted by molar-refractivity contribution is 0.0411. The van der Waals surface area contributed by atoms with Gasteiger partial charge in [0.25, 0.3) is 0 Å². The summed E-state index contributed by atoms with van der Waals surface area (Å²) in [5.41, 5.74) is 6.31. The summed E-state index contributed by atoms with van der Waals surface area (Å²) in [6, 6.07) is 0. The Kier molecular flexibility index (Phi) is 3.57. The zero-order valence-electron chi connectivity index (χ0n) is 11.1. The highest BCUT2D eigenvalue weighted by Crippen LogP contribution is 2.39. The van der Waals surface area contributed by atoms with E-state index in [0.29, 0.717) is 0 Å². The van der Waals surface area contributed by atoms with E-state index < -0.39 is 0 Å². The Hall–Kier alpha value is -0.120. The van der Waals surface area contributed by atoms with Crippen LogP contribution >= 0.6 is 0 Å². The molecule has 2 N–H and O–H groups in total. The molecule has 94 valence electrons. The van der Waals surface area contributed by atoms with E-state index in [-0.39, 0.29) is 5.54 Å². The molecule has 2 fully saturated rings. The third-order valence-corrected chi connectivity index (χ3v) is 4.72. The molecule has 3 nitrogen and oxygen atoms in total. The molecule has 0 spiro atoms. The maximum Gasteiger partial charge on any atom is 0.0455 e. The molecule has 0 aromatic heterocycles. The normalized spacial score (nSPS) is 40.3. The zero-order valence-corrected chi connectivity index (χ0v) is 11.1. The van der Waals surface area contributed by atoms with Crippen molar-refractivity contribution in [2.75, 3.05) is 40.3 Å². The number of hydrogen-bond acceptors (Lipinski definition) is 3. The van der Waals surface area contributed by atoms with Crippen molar-refractivity contribution in [1.29, 1.82) is 0 Å². The second kappa shape index (κ2) is 4.63. The maximum atomic E-state index is 6.06. The van der Waals surface area contributed by atoms with E-state index in [1.165, 1.54) is 32.4 Å². The van der Waals surface area contributed by atoms with Gasteiger partial charge >= 0.3 is 0 Å². The van der Waals surface area contributed by atoms with Crippen LogP contribution in [-0.2, 0) is 0 Å². The van der Waals surface area contributed by atoms with Crippen LogP contribution in [0.5, 0.6) is 0 Å². The van der Waals surface area contributed by atoms with Crippen LogP contribution in [0.15, 0.2) is 0 Å². The monoisotopic (exact) mass is 225 g/mol. The van der Waals surface area contributed by atoms with Gasteiger partial charge in [-0.2, -0.15) is 0 Å². The van der Waals surface area contributed by atoms with Crippen LogP contribution < -0.4 is 5.73 Å². The number of piperidine rings is 1. The molecule has 0 bridgehead atoms. The van der Waals surface area contributed by atoms with Gasteiger partial charge in [-0.05, 0) is 51.7 Å². The third-order valence-electron chi connectivity index (χ3n) is 4.72. The van der Waals surface area contributed by atoms with Crippen molar-refractivity contribution in [3.63, 3.8) is 0 Å². The van der Waals surface area contributed by atoms with Crippen LogP contribution in [0.3, 0.4) is 0 Å². The number of likely N-dealkylation sites (N-methyl/N-ethyl adjacent to an activating group) is 2. The largest absolute Gasteiger partial charge is 0.329 e. The van der Waals surface area contributed by atoms with Gasteiger partial charge in [-0.3, -0.25) is 4.90 Å². The average molecular weight is 225 g/mol. The van der Waals surface area contributed by atoms with Crippen LogP contribution in [0, 0.1) is 11.8 Å². The zero-order chi connectivity index (χ0) is 11.8. The summed E-state index contributed by atoms with van der Waals surface area (Å²) in [5.74, 6) is 1.87. The molecule has 1 saturated heterocycles. The van der Waals surface area contributed by atoms with Gasteiger partial charge < -0.3 is 10.6 Å². The molecule has 16 heavy (non-hydrogen) atoms. The molecule has 1 aliphatic heterocycles. The topological polar surface area (TPSA) is 32.5 Å². The minimum absolute atomic E-state index is 0.245. The van der Waals surface area contributed by atoms with Gasteiger partial charge in [0, 0.05) is 25.2 Å². The van der Waals surface area contributed by atoms with Crippen molar-refractivity contribution in [2.24, 2.45) is 17.6 Å². The molecule has 0 aromatic carbocycles. The van der Waals surface area contributed by atoms with Gasteiger partial charge in [0.2, 0.25) is 0 Å². The number of nitrogens with two attached hydrogens (primary N) is 1. The summed E-state index contributed by atoms with van der Waals surface area (Å²) in [7, 11) is 4.49. The van der Waals surface area contributed by atoms with Crippen LogP contribution in [0.1, 0.15) is 26.2 Å². The first-order chi connectivity index (χ1) is 7.57. The fraction of sp³-hybridized carbons (Fsp3) is 1.00. The summed E-state index contributed by atoms with van der Waals surface area (Å²) in [5, 5.41) is 0. The Bertz CT molecular complexity index is 243. The van der Waals surface area contributed by atoms with Crippen molar-refractivity contribution < 1.29 is 0 Å². The molecular weight excluding hydrogens is 198 g/mol. The molecule has 0 aromatic rings. The minimum atomic E-state index is 0.245. The second-order valence-corrected chi connectivity index (χ2v) is 6.12. The number of likely N-dealkylation sites (tertiary alicyclic amines) is 1. The molecule has 3 atom stereocenters. The molecule has 2 rings (SSSR count). The quantitative estimate of drug-likeness (QED) is 0.775. The summed E-state index contributed by atoms with van der Waals surface area (Å²) in [4.78, 5) is 4.99. The van der Waals surface area contributed by atoms with Gasteiger partial charge in [-0.25, -0.2) is 0 Å². The molecule has 0 amide bonds. The summed E-state index contributed by atoms with van der Waals surface area (Å²) < 4.78 is 0. The van der Waals surface area contributed by atoms with E-state index in [4.69, 9.17) is 5.73 Å². The van der Waals surface area contributed by atoms with E-state index in [1.54, 1.807) is 0 Å². The summed E-state index contributed by atoms with van der Waals surface area (Å²) in [6.07, 6.45) is 3.98. The molecular formula is C13H27N3. The van der Waals surface area contributed by atoms with Crippen molar-refractivity contribution in [3.8, 4) is 0 Å². The minimum Gasteiger partial charge on any atom is -0.329 e. The predicted molar refractivity (Wildman–Crippen MR) is 68.4 cm³/mol. The molecule has 2 aliphatic rings. The van der Waals surface area contributed by atoms with Crippen LogP contribution in [-0.4, -0.2) is 55.6 Å². The molecule has 3 heteroatoms. The van der Waals surface area contributed by atoms with Crippen molar-refractivity contribution in [3.05, 3.63) is 0 Å². The van der Waals surface area contributed by atoms with E-state index in [1.807, 2.05) is 0 Å². The fourth-order valence-corrected chi connectivity index (χ4v) is 3.17. The number of nitrogens with zero attached hydrogens (tertiary/aromatic N) is 2. The fourth-order valence-electron chi connectivity index (χ4n) is 3.17. The Morgan fingerprint density at radius 3 is 2.69 bits per heavy atom. The second-order valence-electron chi connectivity index (χ2n) is 6.12. The Labute approximate surface area is 100.0 Å². The third kappa shape index (κ3) is 2.41. The molecule has 1 aliphatic carbocycles. The molecule has 3 unspecified atom stereocenters. The molecule has 1 saturated carbocycles. The Morgan fingerprint density at radius 1 is 1.50 bits per heavy atom. The van der Waals surface area contributed by atoms with E-state index in [9.17, 15) is 0 Å². The van der Waals surface area contributed by atoms with Crippen LogP contribution in [0.25, 0.3) is 0 Å². The lowest BCUT2D eigenvalue weighted by atomic mass is 9.87. The smallest absolute Gasteiger partial charge is 0.0455 e. The number of hydrogen-bond donors (Lipinski definition) is 1. The highest BCUT2D eigenvalue weighted by atomic mass is 15.3. The van der Waals surface area contributed by atoms with Crippen molar-refractivity contribution >= 4 is 0 Å². The summed E-state index contributed by atoms with van der Waals surface area (Å²) in [6.45, 7) is 6.78. The first-order valence-electron chi connectivity index (χ1n) is 6.67. The first-order valence-corrected chi connectivity index (χ1v) is 6.67. The van der Waals surface area contributed by atoms with E-state index >= 15 is 0 Å². The van der Waals surface area contributed by atoms with Crippen molar-refractivity contribution in [1.82, 2.24) is 9.80 Å². The number of rotatable bonds is 4. The molecule has 1 heterocycles. The van der Waals surface area contributed by atoms with Gasteiger partial charge in [-0.15, -0.1) is 0 Å². The standard InChI is InChI=1S/C13H27N3/c1-11-7-12(11)8-16(3)13(9-14)5-4-6-15(2)10-13/h11-12H,4-10,14H2,1-3H3. The Morgan fingerprint density at radius 2 is 2.19 bits per heavy atom. The molecule has 0 radical (unpaired) electrons. The van der Waals surface area contributed by atoms with Gasteiger partial charge in [-0.1, -0.05) is 6.92 Å². The SMILES string of the molecule is CC1CC1CN(C)C1(CN)CCCN(C)C1. The van der Waals surface area contributed by atoms with Gasteiger partial charge in [0.1, 0.15) is 0 Å². The van der Waals surface area contributed by atoms with Gasteiger partial charge in [0.15, 0.2) is 0 Å². The Balaban J connectivity index is 1.95. The lowest BCUT2D eigenvalue weighted by Gasteiger charge is -2.47. The van der Waals surface area contributed by atoms with Gasteiger partial charge in [0.05, 0.1) is 0 Å². The van der Waals surface area contributed by atoms with Crippen molar-refractivity contribution in [2.45, 2.75) is 31.7 Å². The summed E-state index contributed by atoms with van der Waals surface area (Å²) >= 11 is 0. The predicted octanol–water partition coefficient (Wildman–Crippen LogP) is 0.997. The maximum absolute atomic E-state index is 6.06. The van der Waals surface area contributed by atoms with E-state index in [2.05, 4.69) is 30.8 Å². The van der Waals surface area contributed by atoms with Crippen LogP contribution in [0.2, 0.25) is 0 Å². The van der Waals surface area contributed by atoms with E-state index in [0.717, 1.165) is 24.9 Å².